The second-order valence-electron chi connectivity index (χ2n) is 9.41. The van der Waals surface area contributed by atoms with Crippen LogP contribution in [0.4, 0.5) is 8.78 Å². The Kier molecular flexibility index (Phi) is 7.93. The molecular weight excluding hydrogens is 354 g/mol. The van der Waals surface area contributed by atoms with Crippen LogP contribution in [0.15, 0.2) is 12.1 Å². The Balaban J connectivity index is 1.33. The van der Waals surface area contributed by atoms with E-state index < -0.39 is 0 Å². The van der Waals surface area contributed by atoms with Gasteiger partial charge in [-0.1, -0.05) is 57.4 Å². The van der Waals surface area contributed by atoms with E-state index in [1.165, 1.54) is 87.4 Å². The molecule has 0 bridgehead atoms. The fourth-order valence-electron chi connectivity index (χ4n) is 5.48. The van der Waals surface area contributed by atoms with E-state index >= 15 is 0 Å². The summed E-state index contributed by atoms with van der Waals surface area (Å²) in [7, 11) is 1.38. The third-order valence-corrected chi connectivity index (χ3v) is 8.79. The first-order chi connectivity index (χ1) is 13.1. The summed E-state index contributed by atoms with van der Waals surface area (Å²) in [5.41, 5.74) is 1.02. The molecule has 0 N–H and O–H groups in total. The second kappa shape index (κ2) is 10.2. The number of rotatable bonds is 7. The van der Waals surface area contributed by atoms with Crippen molar-refractivity contribution in [2.75, 3.05) is 0 Å². The van der Waals surface area contributed by atoms with E-state index in [9.17, 15) is 8.78 Å². The SMILES string of the molecule is Cc1c(F)cc(C2CCC(CCCCC3CCC(C[SiH3])CC3)CC2)cc1F. The zero-order chi connectivity index (χ0) is 19.2. The van der Waals surface area contributed by atoms with Crippen LogP contribution in [0.5, 0.6) is 0 Å². The third-order valence-electron chi connectivity index (χ3n) is 7.64. The first-order valence-electron chi connectivity index (χ1n) is 11.5. The first kappa shape index (κ1) is 21.0. The first-order valence-corrected chi connectivity index (χ1v) is 12.9. The van der Waals surface area contributed by atoms with E-state index in [0.717, 1.165) is 36.2 Å². The smallest absolute Gasteiger partial charge is 0.129 e. The van der Waals surface area contributed by atoms with Crippen LogP contribution in [0.2, 0.25) is 6.04 Å². The quantitative estimate of drug-likeness (QED) is 0.358. The van der Waals surface area contributed by atoms with Crippen LogP contribution in [-0.2, 0) is 0 Å². The maximum Gasteiger partial charge on any atom is 0.129 e. The Labute approximate surface area is 167 Å². The highest BCUT2D eigenvalue weighted by Gasteiger charge is 2.24. The Morgan fingerprint density at radius 1 is 0.778 bits per heavy atom. The Hall–Kier alpha value is -0.703. The Morgan fingerprint density at radius 2 is 1.22 bits per heavy atom. The monoisotopic (exact) mass is 392 g/mol. The third kappa shape index (κ3) is 5.89. The highest BCUT2D eigenvalue weighted by atomic mass is 28.1. The van der Waals surface area contributed by atoms with Crippen molar-refractivity contribution in [2.24, 2.45) is 17.8 Å². The number of unbranched alkanes of at least 4 members (excludes halogenated alkanes) is 1. The predicted octanol–water partition coefficient (Wildman–Crippen LogP) is 6.70. The van der Waals surface area contributed by atoms with Crippen LogP contribution in [0.25, 0.3) is 0 Å². The molecular formula is C24H38F2Si. The molecule has 152 valence electrons. The lowest BCUT2D eigenvalue weighted by Crippen LogP contribution is -2.15. The molecule has 0 heterocycles. The summed E-state index contributed by atoms with van der Waals surface area (Å²) >= 11 is 0. The van der Waals surface area contributed by atoms with Crippen molar-refractivity contribution in [1.82, 2.24) is 0 Å². The maximum absolute atomic E-state index is 13.8. The van der Waals surface area contributed by atoms with Gasteiger partial charge in [0.05, 0.1) is 0 Å². The molecule has 0 unspecified atom stereocenters. The fourth-order valence-corrected chi connectivity index (χ4v) is 6.30. The van der Waals surface area contributed by atoms with Crippen LogP contribution in [-0.4, -0.2) is 10.2 Å². The summed E-state index contributed by atoms with van der Waals surface area (Å²) in [5.74, 6) is 2.49. The molecule has 3 heteroatoms. The molecule has 0 aromatic heterocycles. The van der Waals surface area contributed by atoms with E-state index in [1.54, 1.807) is 12.1 Å². The molecule has 0 saturated heterocycles. The highest BCUT2D eigenvalue weighted by Crippen LogP contribution is 2.39. The molecule has 3 rings (SSSR count). The summed E-state index contributed by atoms with van der Waals surface area (Å²) < 4.78 is 27.7. The molecule has 2 saturated carbocycles. The van der Waals surface area contributed by atoms with E-state index in [2.05, 4.69) is 0 Å². The highest BCUT2D eigenvalue weighted by molar-refractivity contribution is 6.08. The van der Waals surface area contributed by atoms with Gasteiger partial charge < -0.3 is 0 Å². The molecule has 0 nitrogen and oxygen atoms in total. The number of benzene rings is 1. The number of hydrogen-bond acceptors (Lipinski definition) is 0. The molecule has 1 aromatic carbocycles. The van der Waals surface area contributed by atoms with Gasteiger partial charge in [-0.25, -0.2) is 8.78 Å². The van der Waals surface area contributed by atoms with Crippen LogP contribution < -0.4 is 0 Å². The minimum absolute atomic E-state index is 0.150. The topological polar surface area (TPSA) is 0 Å². The minimum Gasteiger partial charge on any atom is -0.207 e. The van der Waals surface area contributed by atoms with Crippen molar-refractivity contribution in [3.8, 4) is 0 Å². The molecule has 0 radical (unpaired) electrons. The van der Waals surface area contributed by atoms with Crippen molar-refractivity contribution in [3.05, 3.63) is 34.9 Å². The average molecular weight is 393 g/mol. The fraction of sp³-hybridized carbons (Fsp3) is 0.750. The van der Waals surface area contributed by atoms with Gasteiger partial charge >= 0.3 is 0 Å². The lowest BCUT2D eigenvalue weighted by Gasteiger charge is -2.30. The van der Waals surface area contributed by atoms with Crippen molar-refractivity contribution in [1.29, 1.82) is 0 Å². The summed E-state index contributed by atoms with van der Waals surface area (Å²) in [6, 6.07) is 4.65. The molecule has 0 spiro atoms. The molecule has 27 heavy (non-hydrogen) atoms. The molecule has 2 aliphatic carbocycles. The van der Waals surface area contributed by atoms with Crippen molar-refractivity contribution in [3.63, 3.8) is 0 Å². The molecule has 0 aliphatic heterocycles. The summed E-state index contributed by atoms with van der Waals surface area (Å²) in [5, 5.41) is 0. The number of hydrogen-bond donors (Lipinski definition) is 0. The van der Waals surface area contributed by atoms with Crippen LogP contribution >= 0.6 is 0 Å². The van der Waals surface area contributed by atoms with E-state index in [1.807, 2.05) is 0 Å². The van der Waals surface area contributed by atoms with Gasteiger partial charge in [0.1, 0.15) is 11.6 Å². The van der Waals surface area contributed by atoms with Gasteiger partial charge in [0, 0.05) is 15.8 Å². The van der Waals surface area contributed by atoms with Crippen LogP contribution in [0.1, 0.15) is 94.1 Å². The van der Waals surface area contributed by atoms with E-state index in [-0.39, 0.29) is 17.2 Å². The molecule has 1 aromatic rings. The Bertz CT molecular complexity index is 561. The predicted molar refractivity (Wildman–Crippen MR) is 114 cm³/mol. The van der Waals surface area contributed by atoms with Gasteiger partial charge in [-0.3, -0.25) is 0 Å². The van der Waals surface area contributed by atoms with E-state index in [0.29, 0.717) is 5.92 Å². The van der Waals surface area contributed by atoms with Crippen LogP contribution in [0, 0.1) is 36.3 Å². The van der Waals surface area contributed by atoms with Crippen LogP contribution in [0.3, 0.4) is 0 Å². The molecule has 2 aliphatic rings. The van der Waals surface area contributed by atoms with Gasteiger partial charge in [0.2, 0.25) is 0 Å². The molecule has 0 amide bonds. The van der Waals surface area contributed by atoms with Crippen molar-refractivity contribution in [2.45, 2.75) is 95.9 Å². The second-order valence-corrected chi connectivity index (χ2v) is 10.2. The maximum atomic E-state index is 13.8. The zero-order valence-electron chi connectivity index (χ0n) is 17.4. The lowest BCUT2D eigenvalue weighted by molar-refractivity contribution is 0.262. The van der Waals surface area contributed by atoms with Gasteiger partial charge in [-0.2, -0.15) is 0 Å². The normalized spacial score (nSPS) is 29.1. The summed E-state index contributed by atoms with van der Waals surface area (Å²) in [4.78, 5) is 0. The van der Waals surface area contributed by atoms with Gasteiger partial charge in [0.15, 0.2) is 0 Å². The molecule has 2 fully saturated rings. The largest absolute Gasteiger partial charge is 0.207 e. The average Bonchev–Trinajstić information content (AvgIpc) is 2.70. The van der Waals surface area contributed by atoms with Crippen molar-refractivity contribution < 1.29 is 8.78 Å². The van der Waals surface area contributed by atoms with E-state index in [4.69, 9.17) is 0 Å². The number of halogens is 2. The van der Waals surface area contributed by atoms with Crippen molar-refractivity contribution >= 4 is 10.2 Å². The van der Waals surface area contributed by atoms with Gasteiger partial charge in [-0.15, -0.1) is 0 Å². The standard InChI is InChI=1S/C24H38F2Si/c1-17-23(25)14-22(15-24(17)26)21-12-10-19(11-13-21)5-3-2-4-18-6-8-20(16-27)9-7-18/h14-15,18-21H,2-13,16H2,1,27H3. The lowest BCUT2D eigenvalue weighted by atomic mass is 9.76. The summed E-state index contributed by atoms with van der Waals surface area (Å²) in [6.07, 6.45) is 16.2. The van der Waals surface area contributed by atoms with Gasteiger partial charge in [0.25, 0.3) is 0 Å². The van der Waals surface area contributed by atoms with Gasteiger partial charge in [-0.05, 0) is 74.0 Å². The summed E-state index contributed by atoms with van der Waals surface area (Å²) in [6.45, 7) is 1.52. The molecule has 0 atom stereocenters. The zero-order valence-corrected chi connectivity index (χ0v) is 19.4. The minimum atomic E-state index is -0.387. The Morgan fingerprint density at radius 3 is 1.70 bits per heavy atom.